The molecule has 0 amide bonds. The van der Waals surface area contributed by atoms with Gasteiger partial charge in [0.05, 0.1) is 4.92 Å². The van der Waals surface area contributed by atoms with Crippen molar-refractivity contribution in [3.8, 4) is 11.6 Å². The molecule has 0 saturated heterocycles. The van der Waals surface area contributed by atoms with Gasteiger partial charge in [-0.15, -0.1) is 0 Å². The van der Waals surface area contributed by atoms with Crippen LogP contribution in [0.15, 0.2) is 30.6 Å². The average molecular weight is 288 g/mol. The van der Waals surface area contributed by atoms with Crippen LogP contribution in [-0.4, -0.2) is 21.9 Å². The third kappa shape index (κ3) is 3.25. The van der Waals surface area contributed by atoms with Crippen molar-refractivity contribution in [3.63, 3.8) is 0 Å². The molecule has 2 rings (SSSR count). The number of hydrogen-bond donors (Lipinski definition) is 1. The minimum Gasteiger partial charge on any atom is -0.434 e. The molecule has 1 aromatic heterocycles. The van der Waals surface area contributed by atoms with Gasteiger partial charge < -0.3 is 10.1 Å². The number of benzene rings is 1. The van der Waals surface area contributed by atoms with Crippen molar-refractivity contribution in [1.82, 2.24) is 9.97 Å². The Morgan fingerprint density at radius 2 is 2.10 bits per heavy atom. The van der Waals surface area contributed by atoms with E-state index in [0.29, 0.717) is 11.7 Å². The van der Waals surface area contributed by atoms with Crippen LogP contribution in [0.2, 0.25) is 0 Å². The second kappa shape index (κ2) is 6.17. The number of anilines is 1. The fraction of sp³-hybridized carbons (Fsp3) is 0.286. The molecule has 0 saturated carbocycles. The fourth-order valence-electron chi connectivity index (χ4n) is 1.83. The minimum atomic E-state index is -0.562. The SMILES string of the molecule is CNc1ncnc(Oc2cccc(C(C)C)c2)c1[N+](=O)[O-]. The van der Waals surface area contributed by atoms with Crippen LogP contribution in [0.4, 0.5) is 11.5 Å². The molecule has 1 heterocycles. The van der Waals surface area contributed by atoms with Gasteiger partial charge in [-0.25, -0.2) is 4.98 Å². The maximum absolute atomic E-state index is 11.2. The van der Waals surface area contributed by atoms with Crippen LogP contribution >= 0.6 is 0 Å². The summed E-state index contributed by atoms with van der Waals surface area (Å²) in [7, 11) is 1.55. The lowest BCUT2D eigenvalue weighted by Crippen LogP contribution is -2.03. The number of hydrogen-bond acceptors (Lipinski definition) is 6. The largest absolute Gasteiger partial charge is 0.434 e. The molecule has 0 bridgehead atoms. The zero-order valence-electron chi connectivity index (χ0n) is 12.0. The molecule has 0 aliphatic heterocycles. The molecule has 1 aromatic carbocycles. The van der Waals surface area contributed by atoms with Gasteiger partial charge in [-0.2, -0.15) is 4.98 Å². The lowest BCUT2D eigenvalue weighted by molar-refractivity contribution is -0.385. The molecule has 0 atom stereocenters. The lowest BCUT2D eigenvalue weighted by Gasteiger charge is -2.10. The fourth-order valence-corrected chi connectivity index (χ4v) is 1.83. The summed E-state index contributed by atoms with van der Waals surface area (Å²) >= 11 is 0. The number of nitrogens with one attached hydrogen (secondary N) is 1. The highest BCUT2D eigenvalue weighted by molar-refractivity contribution is 5.61. The highest BCUT2D eigenvalue weighted by atomic mass is 16.6. The topological polar surface area (TPSA) is 90.2 Å². The van der Waals surface area contributed by atoms with Crippen molar-refractivity contribution >= 4 is 11.5 Å². The smallest absolute Gasteiger partial charge is 0.373 e. The third-order valence-electron chi connectivity index (χ3n) is 2.95. The van der Waals surface area contributed by atoms with Gasteiger partial charge >= 0.3 is 11.6 Å². The van der Waals surface area contributed by atoms with Crippen molar-refractivity contribution in [2.45, 2.75) is 19.8 Å². The quantitative estimate of drug-likeness (QED) is 0.670. The van der Waals surface area contributed by atoms with Crippen LogP contribution in [0.25, 0.3) is 0 Å². The predicted molar refractivity (Wildman–Crippen MR) is 78.8 cm³/mol. The molecule has 0 unspecified atom stereocenters. The summed E-state index contributed by atoms with van der Waals surface area (Å²) in [5, 5.41) is 13.8. The van der Waals surface area contributed by atoms with Crippen molar-refractivity contribution in [3.05, 3.63) is 46.3 Å². The van der Waals surface area contributed by atoms with E-state index in [1.165, 1.54) is 6.33 Å². The summed E-state index contributed by atoms with van der Waals surface area (Å²) in [6.07, 6.45) is 1.22. The van der Waals surface area contributed by atoms with Crippen molar-refractivity contribution in [2.75, 3.05) is 12.4 Å². The first-order valence-electron chi connectivity index (χ1n) is 6.48. The Labute approximate surface area is 122 Å². The molecular formula is C14H16N4O3. The summed E-state index contributed by atoms with van der Waals surface area (Å²) in [5.41, 5.74) is 0.799. The number of ether oxygens (including phenoxy) is 1. The van der Waals surface area contributed by atoms with Gasteiger partial charge in [-0.05, 0) is 23.6 Å². The van der Waals surface area contributed by atoms with Crippen molar-refractivity contribution < 1.29 is 9.66 Å². The minimum absolute atomic E-state index is 0.0831. The maximum Gasteiger partial charge on any atom is 0.373 e. The van der Waals surface area contributed by atoms with E-state index >= 15 is 0 Å². The van der Waals surface area contributed by atoms with Crippen LogP contribution in [0.5, 0.6) is 11.6 Å². The first kappa shape index (κ1) is 14.7. The first-order valence-corrected chi connectivity index (χ1v) is 6.48. The maximum atomic E-state index is 11.2. The Balaban J connectivity index is 2.40. The second-order valence-electron chi connectivity index (χ2n) is 4.71. The molecule has 0 aliphatic rings. The van der Waals surface area contributed by atoms with Gasteiger partial charge in [0, 0.05) is 7.05 Å². The van der Waals surface area contributed by atoms with E-state index in [4.69, 9.17) is 4.74 Å². The Hall–Kier alpha value is -2.70. The highest BCUT2D eigenvalue weighted by Gasteiger charge is 2.24. The standard InChI is InChI=1S/C14H16N4O3/c1-9(2)10-5-4-6-11(7-10)21-14-12(18(19)20)13(15-3)16-8-17-14/h4-9H,1-3H3,(H,15,16,17). The van der Waals surface area contributed by atoms with E-state index in [-0.39, 0.29) is 17.4 Å². The van der Waals surface area contributed by atoms with E-state index in [0.717, 1.165) is 5.56 Å². The number of rotatable bonds is 5. The molecule has 2 aromatic rings. The summed E-state index contributed by atoms with van der Waals surface area (Å²) in [6.45, 7) is 4.12. The Morgan fingerprint density at radius 3 is 2.71 bits per heavy atom. The van der Waals surface area contributed by atoms with Gasteiger partial charge in [-0.1, -0.05) is 26.0 Å². The van der Waals surface area contributed by atoms with Crippen LogP contribution in [0, 0.1) is 10.1 Å². The Kier molecular flexibility index (Phi) is 4.32. The van der Waals surface area contributed by atoms with E-state index in [2.05, 4.69) is 29.1 Å². The van der Waals surface area contributed by atoms with E-state index in [9.17, 15) is 10.1 Å². The van der Waals surface area contributed by atoms with E-state index in [1.54, 1.807) is 13.1 Å². The predicted octanol–water partition coefficient (Wildman–Crippen LogP) is 3.34. The number of nitrogens with zero attached hydrogens (tertiary/aromatic N) is 3. The first-order chi connectivity index (χ1) is 10.0. The summed E-state index contributed by atoms with van der Waals surface area (Å²) in [5.74, 6) is 0.872. The van der Waals surface area contributed by atoms with E-state index < -0.39 is 4.92 Å². The molecule has 7 nitrogen and oxygen atoms in total. The number of nitro groups is 1. The second-order valence-corrected chi connectivity index (χ2v) is 4.71. The highest BCUT2D eigenvalue weighted by Crippen LogP contribution is 2.34. The van der Waals surface area contributed by atoms with Gasteiger partial charge in [0.1, 0.15) is 12.1 Å². The molecule has 0 aliphatic carbocycles. The zero-order chi connectivity index (χ0) is 15.4. The van der Waals surface area contributed by atoms with Crippen molar-refractivity contribution in [2.24, 2.45) is 0 Å². The molecular weight excluding hydrogens is 272 g/mol. The van der Waals surface area contributed by atoms with Crippen LogP contribution < -0.4 is 10.1 Å². The normalized spacial score (nSPS) is 10.5. The monoisotopic (exact) mass is 288 g/mol. The molecule has 21 heavy (non-hydrogen) atoms. The van der Waals surface area contributed by atoms with Crippen LogP contribution in [0.1, 0.15) is 25.3 Å². The molecule has 1 N–H and O–H groups in total. The average Bonchev–Trinajstić information content (AvgIpc) is 2.46. The molecule has 0 fully saturated rings. The van der Waals surface area contributed by atoms with E-state index in [1.807, 2.05) is 18.2 Å². The van der Waals surface area contributed by atoms with Gasteiger partial charge in [0.25, 0.3) is 0 Å². The molecule has 110 valence electrons. The molecule has 0 spiro atoms. The Bertz CT molecular complexity index is 658. The van der Waals surface area contributed by atoms with Crippen LogP contribution in [0.3, 0.4) is 0 Å². The summed E-state index contributed by atoms with van der Waals surface area (Å²) < 4.78 is 5.57. The summed E-state index contributed by atoms with van der Waals surface area (Å²) in [4.78, 5) is 18.3. The molecule has 7 heteroatoms. The van der Waals surface area contributed by atoms with Crippen molar-refractivity contribution in [1.29, 1.82) is 0 Å². The van der Waals surface area contributed by atoms with Gasteiger partial charge in [-0.3, -0.25) is 10.1 Å². The Morgan fingerprint density at radius 1 is 1.33 bits per heavy atom. The van der Waals surface area contributed by atoms with Crippen LogP contribution in [-0.2, 0) is 0 Å². The lowest BCUT2D eigenvalue weighted by atomic mass is 10.0. The molecule has 0 radical (unpaired) electrons. The van der Waals surface area contributed by atoms with Gasteiger partial charge in [0.15, 0.2) is 0 Å². The third-order valence-corrected chi connectivity index (χ3v) is 2.95. The zero-order valence-corrected chi connectivity index (χ0v) is 12.0. The summed E-state index contributed by atoms with van der Waals surface area (Å²) in [6, 6.07) is 7.40. The number of aromatic nitrogens is 2. The van der Waals surface area contributed by atoms with Gasteiger partial charge in [0.2, 0.25) is 5.82 Å².